The van der Waals surface area contributed by atoms with Gasteiger partial charge in [0, 0.05) is 11.8 Å². The van der Waals surface area contributed by atoms with Crippen LogP contribution in [0.15, 0.2) is 42.6 Å². The van der Waals surface area contributed by atoms with E-state index in [-0.39, 0.29) is 0 Å². The van der Waals surface area contributed by atoms with E-state index >= 15 is 0 Å². The number of nitrogens with zero attached hydrogens (tertiary/aromatic N) is 3. The Morgan fingerprint density at radius 2 is 2.00 bits per heavy atom. The lowest BCUT2D eigenvalue weighted by atomic mass is 10.1. The van der Waals surface area contributed by atoms with Gasteiger partial charge in [-0.3, -0.25) is 0 Å². The first-order valence-corrected chi connectivity index (χ1v) is 7.24. The molecule has 0 aliphatic rings. The van der Waals surface area contributed by atoms with Crippen molar-refractivity contribution in [3.63, 3.8) is 0 Å². The first kappa shape index (κ1) is 13.7. The fraction of sp³-hybridized carbons (Fsp3) is 0.176. The van der Waals surface area contributed by atoms with Gasteiger partial charge in [-0.15, -0.1) is 0 Å². The zero-order valence-corrected chi connectivity index (χ0v) is 12.4. The third kappa shape index (κ3) is 2.39. The van der Waals surface area contributed by atoms with Crippen molar-refractivity contribution < 1.29 is 0 Å². The predicted octanol–water partition coefficient (Wildman–Crippen LogP) is 4.28. The van der Waals surface area contributed by atoms with Gasteiger partial charge >= 0.3 is 0 Å². The molecule has 2 aromatic heterocycles. The highest BCUT2D eigenvalue weighted by molar-refractivity contribution is 6.33. The van der Waals surface area contributed by atoms with E-state index in [1.54, 1.807) is 0 Å². The van der Waals surface area contributed by atoms with Gasteiger partial charge in [0.1, 0.15) is 0 Å². The van der Waals surface area contributed by atoms with Crippen LogP contribution in [0.5, 0.6) is 0 Å². The monoisotopic (exact) mass is 295 g/mol. The number of pyridine rings is 1. The fourth-order valence-electron chi connectivity index (χ4n) is 2.46. The first-order chi connectivity index (χ1) is 10.2. The van der Waals surface area contributed by atoms with Crippen molar-refractivity contribution in [1.82, 2.24) is 9.38 Å². The standard InChI is InChI=1S/C17H14ClN3/c1-2-12-5-7-13(8-6-12)16-15(9-10-19)21-11-3-4-14(18)17(21)20-16/h3-8,11H,2,9H2,1H3. The maximum atomic E-state index is 9.10. The summed E-state index contributed by atoms with van der Waals surface area (Å²) in [5.74, 6) is 0. The zero-order valence-electron chi connectivity index (χ0n) is 11.7. The molecule has 2 heterocycles. The average molecular weight is 296 g/mol. The minimum Gasteiger partial charge on any atom is -0.301 e. The molecule has 0 amide bonds. The van der Waals surface area contributed by atoms with Gasteiger partial charge in [0.05, 0.1) is 28.9 Å². The lowest BCUT2D eigenvalue weighted by molar-refractivity contribution is 1.06. The Kier molecular flexibility index (Phi) is 3.64. The summed E-state index contributed by atoms with van der Waals surface area (Å²) < 4.78 is 1.90. The molecular formula is C17H14ClN3. The Labute approximate surface area is 128 Å². The second-order valence-electron chi connectivity index (χ2n) is 4.84. The van der Waals surface area contributed by atoms with Gasteiger partial charge in [0.2, 0.25) is 0 Å². The summed E-state index contributed by atoms with van der Waals surface area (Å²) >= 11 is 6.21. The molecule has 0 spiro atoms. The number of fused-ring (bicyclic) bond motifs is 1. The number of halogens is 1. The van der Waals surface area contributed by atoms with Crippen LogP contribution in [0, 0.1) is 11.3 Å². The molecule has 3 nitrogen and oxygen atoms in total. The highest BCUT2D eigenvalue weighted by atomic mass is 35.5. The van der Waals surface area contributed by atoms with Crippen molar-refractivity contribution in [3.8, 4) is 17.3 Å². The van der Waals surface area contributed by atoms with Crippen molar-refractivity contribution >= 4 is 17.2 Å². The Bertz CT molecular complexity index is 826. The molecule has 0 aliphatic heterocycles. The van der Waals surface area contributed by atoms with Crippen LogP contribution < -0.4 is 0 Å². The third-order valence-electron chi connectivity index (χ3n) is 3.58. The smallest absolute Gasteiger partial charge is 0.156 e. The van der Waals surface area contributed by atoms with Gasteiger partial charge in [0.25, 0.3) is 0 Å². The molecule has 0 radical (unpaired) electrons. The highest BCUT2D eigenvalue weighted by Gasteiger charge is 2.15. The quantitative estimate of drug-likeness (QED) is 0.723. The second-order valence-corrected chi connectivity index (χ2v) is 5.25. The van der Waals surface area contributed by atoms with Gasteiger partial charge < -0.3 is 4.40 Å². The van der Waals surface area contributed by atoms with Crippen LogP contribution in [-0.4, -0.2) is 9.38 Å². The Hall–Kier alpha value is -2.31. The summed E-state index contributed by atoms with van der Waals surface area (Å²) in [6.07, 6.45) is 3.19. The van der Waals surface area contributed by atoms with Crippen LogP contribution in [0.1, 0.15) is 18.2 Å². The molecule has 104 valence electrons. The van der Waals surface area contributed by atoms with E-state index in [9.17, 15) is 0 Å². The minimum atomic E-state index is 0.298. The molecule has 0 unspecified atom stereocenters. The molecule has 21 heavy (non-hydrogen) atoms. The van der Waals surface area contributed by atoms with Gasteiger partial charge in [0.15, 0.2) is 5.65 Å². The van der Waals surface area contributed by atoms with Crippen molar-refractivity contribution in [2.24, 2.45) is 0 Å². The molecule has 0 saturated heterocycles. The van der Waals surface area contributed by atoms with Crippen LogP contribution in [0.4, 0.5) is 0 Å². The summed E-state index contributed by atoms with van der Waals surface area (Å²) in [7, 11) is 0. The highest BCUT2D eigenvalue weighted by Crippen LogP contribution is 2.28. The topological polar surface area (TPSA) is 41.1 Å². The van der Waals surface area contributed by atoms with E-state index in [0.29, 0.717) is 17.1 Å². The van der Waals surface area contributed by atoms with E-state index in [1.807, 2.05) is 22.7 Å². The summed E-state index contributed by atoms with van der Waals surface area (Å²) in [5.41, 5.74) is 4.69. The number of hydrogen-bond donors (Lipinski definition) is 0. The number of benzene rings is 1. The van der Waals surface area contributed by atoms with Crippen molar-refractivity contribution in [1.29, 1.82) is 5.26 Å². The van der Waals surface area contributed by atoms with E-state index < -0.39 is 0 Å². The fourth-order valence-corrected chi connectivity index (χ4v) is 2.66. The lowest BCUT2D eigenvalue weighted by Gasteiger charge is -2.03. The van der Waals surface area contributed by atoms with Crippen molar-refractivity contribution in [3.05, 3.63) is 58.9 Å². The Balaban J connectivity index is 2.23. The molecule has 4 heteroatoms. The molecular weight excluding hydrogens is 282 g/mol. The van der Waals surface area contributed by atoms with Crippen LogP contribution in [0.3, 0.4) is 0 Å². The molecule has 0 bridgehead atoms. The molecule has 0 fully saturated rings. The molecule has 0 saturated carbocycles. The Morgan fingerprint density at radius 3 is 2.67 bits per heavy atom. The van der Waals surface area contributed by atoms with Crippen molar-refractivity contribution in [2.75, 3.05) is 0 Å². The SMILES string of the molecule is CCc1ccc(-c2nc3c(Cl)cccn3c2CC#N)cc1. The average Bonchev–Trinajstić information content (AvgIpc) is 2.88. The molecule has 0 atom stereocenters. The van der Waals surface area contributed by atoms with Crippen LogP contribution in [-0.2, 0) is 12.8 Å². The zero-order chi connectivity index (χ0) is 14.8. The van der Waals surface area contributed by atoms with Gasteiger partial charge in [-0.25, -0.2) is 4.98 Å². The normalized spacial score (nSPS) is 10.7. The van der Waals surface area contributed by atoms with Gasteiger partial charge in [-0.05, 0) is 24.1 Å². The number of nitriles is 1. The van der Waals surface area contributed by atoms with Crippen LogP contribution in [0.25, 0.3) is 16.9 Å². The van der Waals surface area contributed by atoms with Gasteiger partial charge in [-0.2, -0.15) is 5.26 Å². The van der Waals surface area contributed by atoms with E-state index in [1.165, 1.54) is 5.56 Å². The maximum Gasteiger partial charge on any atom is 0.156 e. The minimum absolute atomic E-state index is 0.298. The molecule has 0 aliphatic carbocycles. The van der Waals surface area contributed by atoms with E-state index in [2.05, 4.69) is 42.2 Å². The summed E-state index contributed by atoms with van der Waals surface area (Å²) in [5, 5.41) is 9.69. The number of aryl methyl sites for hydroxylation is 1. The molecule has 3 rings (SSSR count). The lowest BCUT2D eigenvalue weighted by Crippen LogP contribution is -1.93. The summed E-state index contributed by atoms with van der Waals surface area (Å²) in [4.78, 5) is 4.64. The van der Waals surface area contributed by atoms with Crippen molar-refractivity contribution in [2.45, 2.75) is 19.8 Å². The van der Waals surface area contributed by atoms with Crippen LogP contribution in [0.2, 0.25) is 5.02 Å². The molecule has 0 N–H and O–H groups in total. The third-order valence-corrected chi connectivity index (χ3v) is 3.88. The van der Waals surface area contributed by atoms with E-state index in [0.717, 1.165) is 23.4 Å². The summed E-state index contributed by atoms with van der Waals surface area (Å²) in [6.45, 7) is 2.13. The second kappa shape index (κ2) is 5.59. The largest absolute Gasteiger partial charge is 0.301 e. The first-order valence-electron chi connectivity index (χ1n) is 6.86. The molecule has 1 aromatic carbocycles. The number of hydrogen-bond acceptors (Lipinski definition) is 2. The number of imidazole rings is 1. The van der Waals surface area contributed by atoms with Crippen LogP contribution >= 0.6 is 11.6 Å². The Morgan fingerprint density at radius 1 is 1.24 bits per heavy atom. The maximum absolute atomic E-state index is 9.10. The van der Waals surface area contributed by atoms with E-state index in [4.69, 9.17) is 16.9 Å². The number of rotatable bonds is 3. The molecule has 3 aromatic rings. The summed E-state index contributed by atoms with van der Waals surface area (Å²) in [6, 6.07) is 14.2. The number of aromatic nitrogens is 2. The van der Waals surface area contributed by atoms with Gasteiger partial charge in [-0.1, -0.05) is 42.8 Å². The predicted molar refractivity (Wildman–Crippen MR) is 84.3 cm³/mol.